The molecule has 2 aromatic carbocycles. The van der Waals surface area contributed by atoms with Crippen molar-refractivity contribution in [1.82, 2.24) is 9.21 Å². The Bertz CT molecular complexity index is 1060. The summed E-state index contributed by atoms with van der Waals surface area (Å²) in [5.41, 5.74) is 1.10. The van der Waals surface area contributed by atoms with Gasteiger partial charge in [0.1, 0.15) is 0 Å². The smallest absolute Gasteiger partial charge is 0.253 e. The second-order valence-corrected chi connectivity index (χ2v) is 9.90. The summed E-state index contributed by atoms with van der Waals surface area (Å²) in [6, 6.07) is 15.5. The molecular formula is C23H27N3O5S. The molecule has 4 rings (SSSR count). The molecule has 2 fully saturated rings. The Morgan fingerprint density at radius 3 is 2.28 bits per heavy atom. The van der Waals surface area contributed by atoms with Crippen LogP contribution < -0.4 is 5.32 Å². The van der Waals surface area contributed by atoms with Crippen LogP contribution in [0.1, 0.15) is 23.2 Å². The standard InChI is InChI=1S/C23H27N3O5S/c27-22(24-20-6-2-1-3-7-20)18-9-11-25(12-10-18)23(28)19-5-4-8-21(17-19)32(29,30)26-13-15-31-16-14-26/h1-8,17-18H,9-16H2,(H,24,27). The number of carbonyl (C=O) groups is 2. The van der Waals surface area contributed by atoms with E-state index in [1.165, 1.54) is 16.4 Å². The van der Waals surface area contributed by atoms with Crippen molar-refractivity contribution in [2.24, 2.45) is 5.92 Å². The number of sulfonamides is 1. The summed E-state index contributed by atoms with van der Waals surface area (Å²) < 4.78 is 32.4. The van der Waals surface area contributed by atoms with Gasteiger partial charge in [-0.25, -0.2) is 8.42 Å². The van der Waals surface area contributed by atoms with Crippen LogP contribution in [0.4, 0.5) is 5.69 Å². The SMILES string of the molecule is O=C(Nc1ccccc1)C1CCN(C(=O)c2cccc(S(=O)(=O)N3CCOCC3)c2)CC1. The first kappa shape index (κ1) is 22.4. The molecule has 2 heterocycles. The first-order valence-corrected chi connectivity index (χ1v) is 12.2. The molecule has 0 atom stereocenters. The second kappa shape index (κ2) is 9.81. The molecule has 170 valence electrons. The van der Waals surface area contributed by atoms with E-state index in [1.54, 1.807) is 17.0 Å². The van der Waals surface area contributed by atoms with E-state index in [2.05, 4.69) is 5.32 Å². The Labute approximate surface area is 188 Å². The average Bonchev–Trinajstić information content (AvgIpc) is 2.85. The lowest BCUT2D eigenvalue weighted by Crippen LogP contribution is -2.42. The van der Waals surface area contributed by atoms with E-state index in [9.17, 15) is 18.0 Å². The van der Waals surface area contributed by atoms with Gasteiger partial charge in [0.15, 0.2) is 0 Å². The number of nitrogens with one attached hydrogen (secondary N) is 1. The molecule has 0 aromatic heterocycles. The number of piperidine rings is 1. The van der Waals surface area contributed by atoms with Crippen LogP contribution in [0.2, 0.25) is 0 Å². The molecule has 0 spiro atoms. The lowest BCUT2D eigenvalue weighted by molar-refractivity contribution is -0.121. The van der Waals surface area contributed by atoms with Crippen LogP contribution in [0.15, 0.2) is 59.5 Å². The van der Waals surface area contributed by atoms with Crippen LogP contribution in [0, 0.1) is 5.92 Å². The maximum Gasteiger partial charge on any atom is 0.253 e. The number of likely N-dealkylation sites (tertiary alicyclic amines) is 1. The van der Waals surface area contributed by atoms with Crippen LogP contribution in [0.5, 0.6) is 0 Å². The summed E-state index contributed by atoms with van der Waals surface area (Å²) >= 11 is 0. The van der Waals surface area contributed by atoms with Gasteiger partial charge in [0, 0.05) is 43.3 Å². The molecule has 32 heavy (non-hydrogen) atoms. The van der Waals surface area contributed by atoms with Crippen LogP contribution in [0.3, 0.4) is 0 Å². The topological polar surface area (TPSA) is 96.0 Å². The summed E-state index contributed by atoms with van der Waals surface area (Å²) in [6.45, 7) is 2.24. The van der Waals surface area contributed by atoms with Gasteiger partial charge in [-0.1, -0.05) is 24.3 Å². The van der Waals surface area contributed by atoms with Crippen LogP contribution in [-0.4, -0.2) is 68.8 Å². The number of ether oxygens (including phenoxy) is 1. The zero-order valence-electron chi connectivity index (χ0n) is 17.8. The summed E-state index contributed by atoms with van der Waals surface area (Å²) in [4.78, 5) is 27.3. The molecule has 0 saturated carbocycles. The highest BCUT2D eigenvalue weighted by atomic mass is 32.2. The number of hydrogen-bond donors (Lipinski definition) is 1. The predicted octanol–water partition coefficient (Wildman–Crippen LogP) is 2.20. The zero-order chi connectivity index (χ0) is 22.6. The van der Waals surface area contributed by atoms with E-state index < -0.39 is 10.0 Å². The van der Waals surface area contributed by atoms with Gasteiger partial charge in [-0.15, -0.1) is 0 Å². The summed E-state index contributed by atoms with van der Waals surface area (Å²) in [5, 5.41) is 2.92. The van der Waals surface area contributed by atoms with Crippen molar-refractivity contribution in [1.29, 1.82) is 0 Å². The fourth-order valence-electron chi connectivity index (χ4n) is 4.02. The van der Waals surface area contributed by atoms with Gasteiger partial charge in [-0.3, -0.25) is 9.59 Å². The quantitative estimate of drug-likeness (QED) is 0.743. The van der Waals surface area contributed by atoms with Gasteiger partial charge in [0.05, 0.1) is 18.1 Å². The zero-order valence-corrected chi connectivity index (χ0v) is 18.6. The summed E-state index contributed by atoms with van der Waals surface area (Å²) in [7, 11) is -3.67. The Hall–Kier alpha value is -2.75. The minimum absolute atomic E-state index is 0.0399. The lowest BCUT2D eigenvalue weighted by Gasteiger charge is -2.31. The largest absolute Gasteiger partial charge is 0.379 e. The summed E-state index contributed by atoms with van der Waals surface area (Å²) in [6.07, 6.45) is 1.13. The van der Waals surface area contributed by atoms with Gasteiger partial charge >= 0.3 is 0 Å². The normalized spacial score (nSPS) is 18.3. The first-order chi connectivity index (χ1) is 15.4. The van der Waals surface area contributed by atoms with E-state index in [0.29, 0.717) is 57.8 Å². The fourth-order valence-corrected chi connectivity index (χ4v) is 5.47. The van der Waals surface area contributed by atoms with Gasteiger partial charge in [-0.2, -0.15) is 4.31 Å². The number of rotatable bonds is 5. The molecule has 2 aliphatic rings. The van der Waals surface area contributed by atoms with Crippen molar-refractivity contribution >= 4 is 27.5 Å². The monoisotopic (exact) mass is 457 g/mol. The van der Waals surface area contributed by atoms with E-state index in [-0.39, 0.29) is 22.6 Å². The molecule has 1 N–H and O–H groups in total. The molecule has 0 unspecified atom stereocenters. The molecule has 2 amide bonds. The maximum atomic E-state index is 13.0. The van der Waals surface area contributed by atoms with E-state index in [1.807, 2.05) is 30.3 Å². The maximum absolute atomic E-state index is 13.0. The number of amides is 2. The van der Waals surface area contributed by atoms with Gasteiger partial charge < -0.3 is 15.0 Å². The third kappa shape index (κ3) is 5.01. The van der Waals surface area contributed by atoms with Crippen LogP contribution in [0.25, 0.3) is 0 Å². The number of para-hydroxylation sites is 1. The van der Waals surface area contributed by atoms with E-state index in [0.717, 1.165) is 5.69 Å². The van der Waals surface area contributed by atoms with E-state index >= 15 is 0 Å². The van der Waals surface area contributed by atoms with Crippen LogP contribution >= 0.6 is 0 Å². The highest BCUT2D eigenvalue weighted by Gasteiger charge is 2.30. The third-order valence-electron chi connectivity index (χ3n) is 5.88. The summed E-state index contributed by atoms with van der Waals surface area (Å²) in [5.74, 6) is -0.417. The van der Waals surface area contributed by atoms with Crippen molar-refractivity contribution < 1.29 is 22.7 Å². The molecule has 2 aliphatic heterocycles. The minimum Gasteiger partial charge on any atom is -0.379 e. The Kier molecular flexibility index (Phi) is 6.88. The van der Waals surface area contributed by atoms with Gasteiger partial charge in [0.2, 0.25) is 15.9 Å². The Morgan fingerprint density at radius 2 is 1.59 bits per heavy atom. The fraction of sp³-hybridized carbons (Fsp3) is 0.391. The number of anilines is 1. The Morgan fingerprint density at radius 1 is 0.906 bits per heavy atom. The van der Waals surface area contributed by atoms with Crippen molar-refractivity contribution in [3.8, 4) is 0 Å². The van der Waals surface area contributed by atoms with E-state index in [4.69, 9.17) is 4.74 Å². The molecule has 8 nitrogen and oxygen atoms in total. The molecule has 2 saturated heterocycles. The lowest BCUT2D eigenvalue weighted by atomic mass is 9.95. The third-order valence-corrected chi connectivity index (χ3v) is 7.78. The molecule has 0 radical (unpaired) electrons. The van der Waals surface area contributed by atoms with Gasteiger partial charge in [-0.05, 0) is 43.2 Å². The minimum atomic E-state index is -3.67. The highest BCUT2D eigenvalue weighted by Crippen LogP contribution is 2.23. The highest BCUT2D eigenvalue weighted by molar-refractivity contribution is 7.89. The van der Waals surface area contributed by atoms with Crippen LogP contribution in [-0.2, 0) is 19.6 Å². The van der Waals surface area contributed by atoms with Crippen molar-refractivity contribution in [3.05, 3.63) is 60.2 Å². The number of benzene rings is 2. The molecule has 9 heteroatoms. The van der Waals surface area contributed by atoms with Crippen molar-refractivity contribution in [2.45, 2.75) is 17.7 Å². The number of morpholine rings is 1. The predicted molar refractivity (Wildman–Crippen MR) is 120 cm³/mol. The average molecular weight is 458 g/mol. The molecule has 0 aliphatic carbocycles. The van der Waals surface area contributed by atoms with Crippen molar-refractivity contribution in [3.63, 3.8) is 0 Å². The second-order valence-electron chi connectivity index (χ2n) is 7.97. The first-order valence-electron chi connectivity index (χ1n) is 10.8. The number of carbonyl (C=O) groups excluding carboxylic acids is 2. The molecule has 2 aromatic rings. The van der Waals surface area contributed by atoms with Crippen molar-refractivity contribution in [2.75, 3.05) is 44.7 Å². The number of nitrogens with zero attached hydrogens (tertiary/aromatic N) is 2. The Balaban J connectivity index is 1.38. The molecule has 0 bridgehead atoms. The van der Waals surface area contributed by atoms with Gasteiger partial charge in [0.25, 0.3) is 5.91 Å². The molecular weight excluding hydrogens is 430 g/mol. The number of hydrogen-bond acceptors (Lipinski definition) is 5.